The van der Waals surface area contributed by atoms with Gasteiger partial charge in [0, 0.05) is 22.9 Å². The van der Waals surface area contributed by atoms with Crippen LogP contribution < -0.4 is 15.6 Å². The summed E-state index contributed by atoms with van der Waals surface area (Å²) >= 11 is 7.57. The van der Waals surface area contributed by atoms with Crippen LogP contribution in [0.2, 0.25) is 5.02 Å². The molecule has 1 aliphatic heterocycles. The maximum atomic E-state index is 13.3. The Labute approximate surface area is 198 Å². The number of hydrogen-bond acceptors (Lipinski definition) is 6. The number of fused-ring (bicyclic) bond motifs is 2. The normalized spacial score (nSPS) is 14.9. The molecule has 0 aliphatic carbocycles. The van der Waals surface area contributed by atoms with E-state index < -0.39 is 0 Å². The Balaban J connectivity index is 1.38. The first-order valence-electron chi connectivity index (χ1n) is 10.4. The van der Waals surface area contributed by atoms with Gasteiger partial charge in [0.25, 0.3) is 5.56 Å². The first kappa shape index (κ1) is 21.5. The van der Waals surface area contributed by atoms with Crippen LogP contribution in [0.3, 0.4) is 0 Å². The number of hydrogen-bond donors (Lipinski definition) is 1. The zero-order valence-corrected chi connectivity index (χ0v) is 19.3. The topological polar surface area (TPSA) is 91.0 Å². The maximum Gasteiger partial charge on any atom is 0.265 e. The molecule has 2 aromatic carbocycles. The molecule has 1 unspecified atom stereocenters. The first-order valence-corrected chi connectivity index (χ1v) is 11.8. The van der Waals surface area contributed by atoms with Crippen LogP contribution >= 0.6 is 23.4 Å². The van der Waals surface area contributed by atoms with Crippen molar-refractivity contribution in [2.45, 2.75) is 24.5 Å². The van der Waals surface area contributed by atoms with Crippen molar-refractivity contribution in [3.8, 4) is 11.4 Å². The van der Waals surface area contributed by atoms with Gasteiger partial charge in [0.05, 0.1) is 24.5 Å². The van der Waals surface area contributed by atoms with E-state index in [2.05, 4.69) is 15.4 Å². The largest absolute Gasteiger partial charge is 0.494 e. The van der Waals surface area contributed by atoms with Crippen LogP contribution in [0.4, 0.5) is 5.69 Å². The molecule has 8 nitrogen and oxygen atoms in total. The lowest BCUT2D eigenvalue weighted by Gasteiger charge is -2.14. The zero-order chi connectivity index (χ0) is 22.9. The van der Waals surface area contributed by atoms with E-state index in [0.717, 1.165) is 11.4 Å². The van der Waals surface area contributed by atoms with Crippen LogP contribution in [0, 0.1) is 0 Å². The summed E-state index contributed by atoms with van der Waals surface area (Å²) in [5.41, 5.74) is 1.68. The van der Waals surface area contributed by atoms with Crippen molar-refractivity contribution in [2.24, 2.45) is 0 Å². The summed E-state index contributed by atoms with van der Waals surface area (Å²) in [4.78, 5) is 30.6. The molecule has 0 radical (unpaired) electrons. The summed E-state index contributed by atoms with van der Waals surface area (Å²) in [6.07, 6.45) is 1.68. The van der Waals surface area contributed by atoms with Crippen LogP contribution in [-0.4, -0.2) is 37.6 Å². The second kappa shape index (κ2) is 8.92. The number of thioether (sulfide) groups is 1. The molecule has 1 atom stereocenters. The molecule has 0 saturated heterocycles. The number of nitrogens with zero attached hydrogens (tertiary/aromatic N) is 4. The third-order valence-electron chi connectivity index (χ3n) is 5.29. The van der Waals surface area contributed by atoms with Gasteiger partial charge in [0.15, 0.2) is 10.8 Å². The van der Waals surface area contributed by atoms with Gasteiger partial charge in [-0.15, -0.1) is 0 Å². The second-order valence-corrected chi connectivity index (χ2v) is 8.94. The van der Waals surface area contributed by atoms with E-state index in [0.29, 0.717) is 39.3 Å². The van der Waals surface area contributed by atoms with Crippen LogP contribution in [0.1, 0.15) is 19.4 Å². The van der Waals surface area contributed by atoms with Gasteiger partial charge >= 0.3 is 0 Å². The SMILES string of the molecule is CCOc1ccc(NC(=O)CC2CSc3nc4c(cnn4-c4cccc(Cl)c4)c(=O)n32)cc1. The number of anilines is 1. The Morgan fingerprint density at radius 2 is 2.09 bits per heavy atom. The summed E-state index contributed by atoms with van der Waals surface area (Å²) in [6, 6.07) is 14.1. The minimum atomic E-state index is -0.286. The predicted octanol–water partition coefficient (Wildman–Crippen LogP) is 4.31. The summed E-state index contributed by atoms with van der Waals surface area (Å²) in [7, 11) is 0. The Hall–Kier alpha value is -3.30. The molecule has 10 heteroatoms. The number of benzene rings is 2. The Morgan fingerprint density at radius 1 is 1.27 bits per heavy atom. The summed E-state index contributed by atoms with van der Waals surface area (Å²) in [5, 5.41) is 8.79. The van der Waals surface area contributed by atoms with Crippen LogP contribution in [-0.2, 0) is 4.79 Å². The van der Waals surface area contributed by atoms with Gasteiger partial charge in [-0.05, 0) is 49.4 Å². The van der Waals surface area contributed by atoms with Crippen molar-refractivity contribution < 1.29 is 9.53 Å². The van der Waals surface area contributed by atoms with Crippen molar-refractivity contribution in [1.29, 1.82) is 0 Å². The summed E-state index contributed by atoms with van der Waals surface area (Å²) in [6.45, 7) is 2.50. The fraction of sp³-hybridized carbons (Fsp3) is 0.217. The van der Waals surface area contributed by atoms with Crippen LogP contribution in [0.5, 0.6) is 5.75 Å². The maximum absolute atomic E-state index is 13.3. The van der Waals surface area contributed by atoms with Crippen molar-refractivity contribution in [1.82, 2.24) is 19.3 Å². The van der Waals surface area contributed by atoms with Gasteiger partial charge in [-0.25, -0.2) is 9.67 Å². The fourth-order valence-electron chi connectivity index (χ4n) is 3.80. The molecule has 1 aliphatic rings. The van der Waals surface area contributed by atoms with Crippen molar-refractivity contribution >= 4 is 46.0 Å². The minimum absolute atomic E-state index is 0.167. The molecule has 33 heavy (non-hydrogen) atoms. The molecule has 4 aromatic rings. The lowest BCUT2D eigenvalue weighted by atomic mass is 10.2. The van der Waals surface area contributed by atoms with E-state index in [9.17, 15) is 9.59 Å². The van der Waals surface area contributed by atoms with E-state index in [4.69, 9.17) is 16.3 Å². The average Bonchev–Trinajstić information content (AvgIpc) is 3.40. The van der Waals surface area contributed by atoms with E-state index in [-0.39, 0.29) is 23.9 Å². The highest BCUT2D eigenvalue weighted by Gasteiger charge is 2.29. The standard InChI is InChI=1S/C23H20ClN5O3S/c1-2-32-18-8-6-15(7-9-18)26-20(30)11-17-13-33-23-27-21-19(22(31)28(17)23)12-25-29(21)16-5-3-4-14(24)10-16/h3-10,12,17H,2,11,13H2,1H3,(H,26,30). The molecule has 1 amide bonds. The lowest BCUT2D eigenvalue weighted by molar-refractivity contribution is -0.116. The second-order valence-electron chi connectivity index (χ2n) is 7.52. The third kappa shape index (κ3) is 4.21. The average molecular weight is 482 g/mol. The van der Waals surface area contributed by atoms with Crippen molar-refractivity contribution in [2.75, 3.05) is 17.7 Å². The van der Waals surface area contributed by atoms with E-state index in [1.807, 2.05) is 31.2 Å². The van der Waals surface area contributed by atoms with Gasteiger partial charge < -0.3 is 10.1 Å². The number of nitrogens with one attached hydrogen (secondary N) is 1. The van der Waals surface area contributed by atoms with Gasteiger partial charge in [-0.3, -0.25) is 14.2 Å². The number of rotatable bonds is 6. The van der Waals surface area contributed by atoms with E-state index in [1.165, 1.54) is 18.0 Å². The third-order valence-corrected chi connectivity index (χ3v) is 6.63. The van der Waals surface area contributed by atoms with Gasteiger partial charge in [0.2, 0.25) is 5.91 Å². The molecular weight excluding hydrogens is 462 g/mol. The number of ether oxygens (including phenoxy) is 1. The molecule has 0 fully saturated rings. The number of carbonyl (C=O) groups excluding carboxylic acids is 1. The van der Waals surface area contributed by atoms with Crippen molar-refractivity contribution in [3.63, 3.8) is 0 Å². The molecule has 0 bridgehead atoms. The number of amides is 1. The molecule has 3 heterocycles. The lowest BCUT2D eigenvalue weighted by Crippen LogP contribution is -2.27. The molecular formula is C23H20ClN5O3S. The van der Waals surface area contributed by atoms with Crippen LogP contribution in [0.25, 0.3) is 16.7 Å². The zero-order valence-electron chi connectivity index (χ0n) is 17.7. The summed E-state index contributed by atoms with van der Waals surface area (Å²) < 4.78 is 8.64. The van der Waals surface area contributed by atoms with E-state index >= 15 is 0 Å². The van der Waals surface area contributed by atoms with Crippen molar-refractivity contribution in [3.05, 3.63) is 70.1 Å². The Kier molecular flexibility index (Phi) is 5.82. The molecule has 1 N–H and O–H groups in total. The van der Waals surface area contributed by atoms with Gasteiger partial charge in [-0.2, -0.15) is 5.10 Å². The highest BCUT2D eigenvalue weighted by Crippen LogP contribution is 2.33. The number of carbonyl (C=O) groups is 1. The molecule has 0 spiro atoms. The molecule has 168 valence electrons. The monoisotopic (exact) mass is 481 g/mol. The quantitative estimate of drug-likeness (QED) is 0.413. The number of halogens is 1. The highest BCUT2D eigenvalue weighted by atomic mass is 35.5. The first-order chi connectivity index (χ1) is 16.0. The highest BCUT2D eigenvalue weighted by molar-refractivity contribution is 7.99. The van der Waals surface area contributed by atoms with Gasteiger partial charge in [0.1, 0.15) is 11.1 Å². The van der Waals surface area contributed by atoms with Crippen LogP contribution in [0.15, 0.2) is 64.7 Å². The van der Waals surface area contributed by atoms with Gasteiger partial charge in [-0.1, -0.05) is 29.4 Å². The molecule has 5 rings (SSSR count). The summed E-state index contributed by atoms with van der Waals surface area (Å²) in [5.74, 6) is 1.17. The predicted molar refractivity (Wildman–Crippen MR) is 129 cm³/mol. The minimum Gasteiger partial charge on any atom is -0.494 e. The Bertz CT molecular complexity index is 1400. The number of aromatic nitrogens is 4. The van der Waals surface area contributed by atoms with E-state index in [1.54, 1.807) is 33.5 Å². The fourth-order valence-corrected chi connectivity index (χ4v) is 5.12. The smallest absolute Gasteiger partial charge is 0.265 e. The molecule has 2 aromatic heterocycles. The molecule has 0 saturated carbocycles. The Morgan fingerprint density at radius 3 is 2.85 bits per heavy atom.